The fourth-order valence-electron chi connectivity index (χ4n) is 1.76. The Morgan fingerprint density at radius 3 is 1.89 bits per heavy atom. The van der Waals surface area contributed by atoms with Crippen molar-refractivity contribution in [3.05, 3.63) is 48.0 Å². The topological polar surface area (TPSA) is 18.5 Å². The average Bonchev–Trinajstić information content (AvgIpc) is 2.41. The van der Waals surface area contributed by atoms with Crippen LogP contribution in [-0.2, 0) is 0 Å². The van der Waals surface area contributed by atoms with Gasteiger partial charge in [0.15, 0.2) is 0 Å². The van der Waals surface area contributed by atoms with E-state index in [9.17, 15) is 0 Å². The molecule has 94 valence electrons. The van der Waals surface area contributed by atoms with Crippen molar-refractivity contribution in [1.82, 2.24) is 0 Å². The first-order valence-electron chi connectivity index (χ1n) is 5.79. The van der Waals surface area contributed by atoms with Gasteiger partial charge in [0, 0.05) is 0 Å². The molecule has 1 unspecified atom stereocenters. The Kier molecular flexibility index (Phi) is 4.22. The van der Waals surface area contributed by atoms with Crippen LogP contribution in [0.4, 0.5) is 0 Å². The summed E-state index contributed by atoms with van der Waals surface area (Å²) in [6, 6.07) is 14.5. The second-order valence-corrected chi connectivity index (χ2v) is 5.36. The number of benzene rings is 2. The van der Waals surface area contributed by atoms with Crippen molar-refractivity contribution < 1.29 is 9.47 Å². The predicted molar refractivity (Wildman–Crippen MR) is 78.3 cm³/mol. The van der Waals surface area contributed by atoms with E-state index >= 15 is 0 Å². The minimum atomic E-state index is 0.534. The average molecular weight is 260 g/mol. The molecule has 2 aromatic carbocycles. The third-order valence-corrected chi connectivity index (χ3v) is 4.11. The zero-order valence-electron chi connectivity index (χ0n) is 10.9. The molecule has 0 radical (unpaired) electrons. The van der Waals surface area contributed by atoms with Gasteiger partial charge in [-0.05, 0) is 24.4 Å². The van der Waals surface area contributed by atoms with E-state index in [4.69, 9.17) is 9.47 Å². The second-order valence-electron chi connectivity index (χ2n) is 4.03. The molecule has 0 aliphatic heterocycles. The van der Waals surface area contributed by atoms with Gasteiger partial charge in [-0.15, -0.1) is 0 Å². The third kappa shape index (κ3) is 2.83. The van der Waals surface area contributed by atoms with E-state index in [1.54, 1.807) is 14.2 Å². The highest BCUT2D eigenvalue weighted by Crippen LogP contribution is 2.26. The van der Waals surface area contributed by atoms with Gasteiger partial charge in [0.1, 0.15) is 11.5 Å². The number of aryl methyl sites for hydroxylation is 1. The number of rotatable bonds is 4. The standard InChI is InChI=1S/C15H17O2P/c1-11-7-9-12(10-8-11)18-15-13(16-2)5-4-6-14(15)17-3/h4-10,18H,1-3H3. The molecule has 1 atom stereocenters. The quantitative estimate of drug-likeness (QED) is 0.787. The molecule has 0 heterocycles. The Morgan fingerprint density at radius 2 is 1.39 bits per heavy atom. The van der Waals surface area contributed by atoms with Crippen LogP contribution >= 0.6 is 8.58 Å². The molecule has 3 heteroatoms. The van der Waals surface area contributed by atoms with Gasteiger partial charge in [-0.3, -0.25) is 0 Å². The van der Waals surface area contributed by atoms with Crippen LogP contribution in [0.3, 0.4) is 0 Å². The van der Waals surface area contributed by atoms with Crippen molar-refractivity contribution in [2.45, 2.75) is 6.92 Å². The van der Waals surface area contributed by atoms with Gasteiger partial charge in [-0.2, -0.15) is 0 Å². The first-order chi connectivity index (χ1) is 8.74. The maximum absolute atomic E-state index is 5.41. The van der Waals surface area contributed by atoms with Gasteiger partial charge < -0.3 is 9.47 Å². The molecule has 0 spiro atoms. The van der Waals surface area contributed by atoms with Crippen LogP contribution in [0.1, 0.15) is 5.56 Å². The normalized spacial score (nSPS) is 10.8. The largest absolute Gasteiger partial charge is 0.496 e. The van der Waals surface area contributed by atoms with Crippen molar-refractivity contribution in [3.8, 4) is 11.5 Å². The van der Waals surface area contributed by atoms with Crippen LogP contribution in [0.25, 0.3) is 0 Å². The summed E-state index contributed by atoms with van der Waals surface area (Å²) >= 11 is 0. The fraction of sp³-hybridized carbons (Fsp3) is 0.200. The highest BCUT2D eigenvalue weighted by atomic mass is 31.1. The van der Waals surface area contributed by atoms with Crippen molar-refractivity contribution in [2.24, 2.45) is 0 Å². The first-order valence-corrected chi connectivity index (χ1v) is 6.79. The molecular formula is C15H17O2P. The van der Waals surface area contributed by atoms with E-state index in [1.165, 1.54) is 10.9 Å². The van der Waals surface area contributed by atoms with E-state index in [-0.39, 0.29) is 0 Å². The Balaban J connectivity index is 2.35. The molecule has 0 N–H and O–H groups in total. The summed E-state index contributed by atoms with van der Waals surface area (Å²) < 4.78 is 10.8. The van der Waals surface area contributed by atoms with Crippen LogP contribution in [0.5, 0.6) is 11.5 Å². The Morgan fingerprint density at radius 1 is 0.833 bits per heavy atom. The Bertz CT molecular complexity index is 498. The lowest BCUT2D eigenvalue weighted by Crippen LogP contribution is -2.09. The number of hydrogen-bond donors (Lipinski definition) is 0. The van der Waals surface area contributed by atoms with Gasteiger partial charge in [-0.1, -0.05) is 44.5 Å². The predicted octanol–water partition coefficient (Wildman–Crippen LogP) is 2.64. The monoisotopic (exact) mass is 260 g/mol. The van der Waals surface area contributed by atoms with Crippen molar-refractivity contribution >= 4 is 19.2 Å². The first kappa shape index (κ1) is 12.9. The van der Waals surface area contributed by atoms with E-state index in [1.807, 2.05) is 18.2 Å². The number of hydrogen-bond acceptors (Lipinski definition) is 2. The van der Waals surface area contributed by atoms with E-state index in [0.717, 1.165) is 16.8 Å². The molecular weight excluding hydrogens is 243 g/mol. The molecule has 0 bridgehead atoms. The van der Waals surface area contributed by atoms with Gasteiger partial charge in [0.2, 0.25) is 0 Å². The lowest BCUT2D eigenvalue weighted by molar-refractivity contribution is 0.401. The van der Waals surface area contributed by atoms with Gasteiger partial charge >= 0.3 is 0 Å². The molecule has 0 aromatic heterocycles. The van der Waals surface area contributed by atoms with Gasteiger partial charge in [0.05, 0.1) is 19.5 Å². The molecule has 2 nitrogen and oxygen atoms in total. The molecule has 0 aliphatic rings. The summed E-state index contributed by atoms with van der Waals surface area (Å²) in [7, 11) is 3.92. The molecule has 18 heavy (non-hydrogen) atoms. The third-order valence-electron chi connectivity index (χ3n) is 2.75. The van der Waals surface area contributed by atoms with Crippen LogP contribution < -0.4 is 20.1 Å². The van der Waals surface area contributed by atoms with E-state index in [0.29, 0.717) is 8.58 Å². The molecule has 2 aromatic rings. The molecule has 0 aliphatic carbocycles. The SMILES string of the molecule is COc1cccc(OC)c1Pc1ccc(C)cc1. The highest BCUT2D eigenvalue weighted by Gasteiger charge is 2.10. The zero-order chi connectivity index (χ0) is 13.0. The summed E-state index contributed by atoms with van der Waals surface area (Å²) in [5.74, 6) is 1.77. The molecule has 0 saturated heterocycles. The van der Waals surface area contributed by atoms with Crippen molar-refractivity contribution in [2.75, 3.05) is 14.2 Å². The Labute approximate surface area is 110 Å². The molecule has 2 rings (SSSR count). The second kappa shape index (κ2) is 5.88. The summed E-state index contributed by atoms with van der Waals surface area (Å²) in [5.41, 5.74) is 1.27. The minimum Gasteiger partial charge on any atom is -0.496 e. The smallest absolute Gasteiger partial charge is 0.130 e. The summed E-state index contributed by atoms with van der Waals surface area (Å²) in [6.45, 7) is 2.09. The van der Waals surface area contributed by atoms with Crippen molar-refractivity contribution in [1.29, 1.82) is 0 Å². The minimum absolute atomic E-state index is 0.534. The number of ether oxygens (including phenoxy) is 2. The maximum Gasteiger partial charge on any atom is 0.130 e. The maximum atomic E-state index is 5.41. The number of methoxy groups -OCH3 is 2. The molecule has 0 amide bonds. The molecule has 0 saturated carbocycles. The van der Waals surface area contributed by atoms with Gasteiger partial charge in [0.25, 0.3) is 0 Å². The fourth-order valence-corrected chi connectivity index (χ4v) is 2.99. The van der Waals surface area contributed by atoms with Crippen LogP contribution in [0, 0.1) is 6.92 Å². The summed E-state index contributed by atoms with van der Waals surface area (Å²) in [4.78, 5) is 0. The highest BCUT2D eigenvalue weighted by molar-refractivity contribution is 7.56. The lowest BCUT2D eigenvalue weighted by Gasteiger charge is -2.13. The zero-order valence-corrected chi connectivity index (χ0v) is 11.9. The summed E-state index contributed by atoms with van der Waals surface area (Å²) in [5, 5.41) is 2.40. The van der Waals surface area contributed by atoms with Crippen molar-refractivity contribution in [3.63, 3.8) is 0 Å². The van der Waals surface area contributed by atoms with Crippen LogP contribution in [0.15, 0.2) is 42.5 Å². The Hall–Kier alpha value is -1.53. The van der Waals surface area contributed by atoms with E-state index in [2.05, 4.69) is 31.2 Å². The van der Waals surface area contributed by atoms with Gasteiger partial charge in [-0.25, -0.2) is 0 Å². The van der Waals surface area contributed by atoms with Crippen LogP contribution in [-0.4, -0.2) is 14.2 Å². The molecule has 0 fully saturated rings. The summed E-state index contributed by atoms with van der Waals surface area (Å²) in [6.07, 6.45) is 0. The lowest BCUT2D eigenvalue weighted by atomic mass is 10.2. The van der Waals surface area contributed by atoms with E-state index < -0.39 is 0 Å². The van der Waals surface area contributed by atoms with Crippen LogP contribution in [0.2, 0.25) is 0 Å².